The maximum Gasteiger partial charge on any atom is 0.160 e. The number of benzene rings is 2. The molecule has 1 heterocycles. The number of unbranched alkanes of at least 4 members (excludes halogenated alkanes) is 1. The van der Waals surface area contributed by atoms with E-state index in [2.05, 4.69) is 6.92 Å². The highest BCUT2D eigenvalue weighted by Crippen LogP contribution is 2.36. The number of hydrogen-bond donors (Lipinski definition) is 0. The van der Waals surface area contributed by atoms with Crippen LogP contribution in [0, 0.1) is 29.4 Å². The molecule has 0 aromatic heterocycles. The molecule has 0 bridgehead atoms. The highest BCUT2D eigenvalue weighted by Gasteiger charge is 2.32. The summed E-state index contributed by atoms with van der Waals surface area (Å²) in [5.41, 5.74) is 2.27. The molecule has 1 saturated carbocycles. The average Bonchev–Trinajstić information content (AvgIpc) is 2.83. The minimum Gasteiger partial charge on any atom is -0.352 e. The molecule has 4 rings (SSSR count). The third kappa shape index (κ3) is 6.17. The fourth-order valence-corrected chi connectivity index (χ4v) is 5.19. The summed E-state index contributed by atoms with van der Waals surface area (Å²) >= 11 is 0. The zero-order chi connectivity index (χ0) is 22.3. The molecular formula is C28H36F2O2. The van der Waals surface area contributed by atoms with Crippen LogP contribution in [0.15, 0.2) is 42.5 Å². The number of aryl methyl sites for hydroxylation is 1. The molecule has 0 unspecified atom stereocenters. The Kier molecular flexibility index (Phi) is 8.31. The van der Waals surface area contributed by atoms with Crippen molar-refractivity contribution >= 4 is 0 Å². The largest absolute Gasteiger partial charge is 0.352 e. The fraction of sp³-hybridized carbons (Fsp3) is 0.571. The fourth-order valence-electron chi connectivity index (χ4n) is 5.19. The molecule has 0 atom stereocenters. The molecule has 2 fully saturated rings. The zero-order valence-electron chi connectivity index (χ0n) is 19.2. The SMILES string of the molecule is CCCCC1COC(C2CCC(CCc3ccc(-c4ccc(F)cc4)c(F)c3)CC2)OC1. The summed E-state index contributed by atoms with van der Waals surface area (Å²) in [6.45, 7) is 3.93. The number of ether oxygens (including phenoxy) is 2. The van der Waals surface area contributed by atoms with Crippen LogP contribution in [0.3, 0.4) is 0 Å². The molecule has 2 aromatic carbocycles. The second-order valence-corrected chi connectivity index (χ2v) is 9.68. The molecule has 4 heteroatoms. The molecule has 32 heavy (non-hydrogen) atoms. The Morgan fingerprint density at radius 2 is 1.56 bits per heavy atom. The van der Waals surface area contributed by atoms with Crippen LogP contribution >= 0.6 is 0 Å². The number of halogens is 2. The predicted octanol–water partition coefficient (Wildman–Crippen LogP) is 7.55. The van der Waals surface area contributed by atoms with Gasteiger partial charge in [0.2, 0.25) is 0 Å². The van der Waals surface area contributed by atoms with E-state index in [4.69, 9.17) is 9.47 Å². The molecule has 0 spiro atoms. The van der Waals surface area contributed by atoms with Gasteiger partial charge in [-0.2, -0.15) is 0 Å². The van der Waals surface area contributed by atoms with E-state index in [1.54, 1.807) is 18.2 Å². The van der Waals surface area contributed by atoms with Crippen LogP contribution in [0.1, 0.15) is 63.9 Å². The molecular weight excluding hydrogens is 406 g/mol. The Labute approximate surface area is 191 Å². The Balaban J connectivity index is 1.21. The van der Waals surface area contributed by atoms with E-state index < -0.39 is 0 Å². The van der Waals surface area contributed by atoms with E-state index in [1.807, 2.05) is 12.1 Å². The number of hydrogen-bond acceptors (Lipinski definition) is 2. The molecule has 1 saturated heterocycles. The van der Waals surface area contributed by atoms with E-state index >= 15 is 0 Å². The highest BCUT2D eigenvalue weighted by atomic mass is 19.1. The minimum absolute atomic E-state index is 0.0121. The maximum atomic E-state index is 14.6. The summed E-state index contributed by atoms with van der Waals surface area (Å²) in [6.07, 6.45) is 10.4. The van der Waals surface area contributed by atoms with Gasteiger partial charge >= 0.3 is 0 Å². The summed E-state index contributed by atoms with van der Waals surface area (Å²) in [5, 5.41) is 0. The van der Waals surface area contributed by atoms with Crippen LogP contribution in [0.4, 0.5) is 8.78 Å². The van der Waals surface area contributed by atoms with Crippen LogP contribution in [0.25, 0.3) is 11.1 Å². The lowest BCUT2D eigenvalue weighted by molar-refractivity contribution is -0.230. The first-order valence-corrected chi connectivity index (χ1v) is 12.4. The lowest BCUT2D eigenvalue weighted by atomic mass is 9.79. The van der Waals surface area contributed by atoms with E-state index in [1.165, 1.54) is 44.2 Å². The van der Waals surface area contributed by atoms with Crippen molar-refractivity contribution in [2.45, 2.75) is 71.0 Å². The van der Waals surface area contributed by atoms with Gasteiger partial charge in [-0.05, 0) is 80.2 Å². The van der Waals surface area contributed by atoms with E-state index in [0.29, 0.717) is 28.9 Å². The topological polar surface area (TPSA) is 18.5 Å². The Morgan fingerprint density at radius 3 is 2.22 bits per heavy atom. The monoisotopic (exact) mass is 442 g/mol. The molecule has 2 aromatic rings. The van der Waals surface area contributed by atoms with Crippen molar-refractivity contribution in [2.75, 3.05) is 13.2 Å². The first kappa shape index (κ1) is 23.4. The molecule has 174 valence electrons. The van der Waals surface area contributed by atoms with Gasteiger partial charge in [0.05, 0.1) is 13.2 Å². The van der Waals surface area contributed by atoms with Gasteiger partial charge in [0.1, 0.15) is 11.6 Å². The molecule has 2 aliphatic rings. The van der Waals surface area contributed by atoms with Gasteiger partial charge in [-0.25, -0.2) is 8.78 Å². The number of rotatable bonds is 8. The van der Waals surface area contributed by atoms with Gasteiger partial charge in [0, 0.05) is 17.4 Å². The van der Waals surface area contributed by atoms with Crippen molar-refractivity contribution in [2.24, 2.45) is 17.8 Å². The summed E-state index contributed by atoms with van der Waals surface area (Å²) in [4.78, 5) is 0. The lowest BCUT2D eigenvalue weighted by Gasteiger charge is -2.37. The predicted molar refractivity (Wildman–Crippen MR) is 124 cm³/mol. The minimum atomic E-state index is -0.307. The van der Waals surface area contributed by atoms with E-state index in [-0.39, 0.29) is 17.9 Å². The zero-order valence-corrected chi connectivity index (χ0v) is 19.2. The highest BCUT2D eigenvalue weighted by molar-refractivity contribution is 5.64. The standard InChI is InChI=1S/C28H36F2O2/c1-2-3-4-22-18-31-28(32-19-22)24-10-7-20(8-11-24)5-6-21-9-16-26(27(30)17-21)23-12-14-25(29)15-13-23/h9,12-17,20,22,24,28H,2-8,10-11,18-19H2,1H3. The second-order valence-electron chi connectivity index (χ2n) is 9.68. The Bertz CT molecular complexity index is 835. The van der Waals surface area contributed by atoms with E-state index in [9.17, 15) is 8.78 Å². The second kappa shape index (κ2) is 11.4. The van der Waals surface area contributed by atoms with Gasteiger partial charge in [0.15, 0.2) is 6.29 Å². The summed E-state index contributed by atoms with van der Waals surface area (Å²) in [7, 11) is 0. The van der Waals surface area contributed by atoms with Crippen molar-refractivity contribution in [1.29, 1.82) is 0 Å². The molecule has 0 N–H and O–H groups in total. The molecule has 1 aliphatic heterocycles. The molecule has 0 radical (unpaired) electrons. The van der Waals surface area contributed by atoms with Crippen molar-refractivity contribution in [3.8, 4) is 11.1 Å². The first-order chi connectivity index (χ1) is 15.6. The van der Waals surface area contributed by atoms with Crippen LogP contribution in [0.2, 0.25) is 0 Å². The smallest absolute Gasteiger partial charge is 0.160 e. The van der Waals surface area contributed by atoms with Crippen LogP contribution in [-0.2, 0) is 15.9 Å². The average molecular weight is 443 g/mol. The molecule has 1 aliphatic carbocycles. The van der Waals surface area contributed by atoms with Gasteiger partial charge < -0.3 is 9.47 Å². The van der Waals surface area contributed by atoms with Crippen molar-refractivity contribution < 1.29 is 18.3 Å². The van der Waals surface area contributed by atoms with Crippen LogP contribution in [0.5, 0.6) is 0 Å². The van der Waals surface area contributed by atoms with E-state index in [0.717, 1.165) is 44.5 Å². The van der Waals surface area contributed by atoms with Crippen molar-refractivity contribution in [1.82, 2.24) is 0 Å². The van der Waals surface area contributed by atoms with Crippen LogP contribution < -0.4 is 0 Å². The molecule has 0 amide bonds. The van der Waals surface area contributed by atoms with Crippen LogP contribution in [-0.4, -0.2) is 19.5 Å². The van der Waals surface area contributed by atoms with Gasteiger partial charge in [0.25, 0.3) is 0 Å². The third-order valence-electron chi connectivity index (χ3n) is 7.26. The molecule has 2 nitrogen and oxygen atoms in total. The maximum absolute atomic E-state index is 14.6. The van der Waals surface area contributed by atoms with Gasteiger partial charge in [-0.1, -0.05) is 44.0 Å². The Hall–Kier alpha value is -1.78. The Morgan fingerprint density at radius 1 is 0.844 bits per heavy atom. The summed E-state index contributed by atoms with van der Waals surface area (Å²) < 4.78 is 39.9. The van der Waals surface area contributed by atoms with Gasteiger partial charge in [-0.3, -0.25) is 0 Å². The summed E-state index contributed by atoms with van der Waals surface area (Å²) in [6, 6.07) is 11.4. The quantitative estimate of drug-likeness (QED) is 0.420. The third-order valence-corrected chi connectivity index (χ3v) is 7.26. The van der Waals surface area contributed by atoms with Crippen molar-refractivity contribution in [3.05, 3.63) is 59.7 Å². The normalized spacial score (nSPS) is 26.2. The van der Waals surface area contributed by atoms with Crippen molar-refractivity contribution in [3.63, 3.8) is 0 Å². The lowest BCUT2D eigenvalue weighted by Crippen LogP contribution is -2.38. The summed E-state index contributed by atoms with van der Waals surface area (Å²) in [5.74, 6) is 1.23. The first-order valence-electron chi connectivity index (χ1n) is 12.4. The van der Waals surface area contributed by atoms with Gasteiger partial charge in [-0.15, -0.1) is 0 Å².